The summed E-state index contributed by atoms with van der Waals surface area (Å²) in [5, 5.41) is 5.96. The molecule has 0 saturated carbocycles. The lowest BCUT2D eigenvalue weighted by Gasteiger charge is -2.05. The number of ether oxygens (including phenoxy) is 1. The van der Waals surface area contributed by atoms with Crippen LogP contribution in [-0.4, -0.2) is 18.6 Å². The molecular formula is C13H15FN2OS. The molecule has 0 aliphatic carbocycles. The van der Waals surface area contributed by atoms with Gasteiger partial charge in [-0.2, -0.15) is 0 Å². The zero-order valence-electron chi connectivity index (χ0n) is 10.4. The highest BCUT2D eigenvalue weighted by molar-refractivity contribution is 7.09. The number of nitrogens with one attached hydrogen (secondary N) is 1. The largest absolute Gasteiger partial charge is 0.491 e. The Balaban J connectivity index is 2.24. The molecule has 2 rings (SSSR count). The van der Waals surface area contributed by atoms with E-state index in [1.54, 1.807) is 17.4 Å². The van der Waals surface area contributed by atoms with E-state index < -0.39 is 0 Å². The number of hydrogen-bond donors (Lipinski definition) is 1. The van der Waals surface area contributed by atoms with Crippen LogP contribution in [0.3, 0.4) is 0 Å². The van der Waals surface area contributed by atoms with Crippen LogP contribution >= 0.6 is 11.3 Å². The van der Waals surface area contributed by atoms with Crippen LogP contribution in [0.1, 0.15) is 11.9 Å². The fourth-order valence-electron chi connectivity index (χ4n) is 1.61. The van der Waals surface area contributed by atoms with E-state index in [2.05, 4.69) is 10.3 Å². The van der Waals surface area contributed by atoms with E-state index in [-0.39, 0.29) is 11.6 Å². The van der Waals surface area contributed by atoms with Crippen LogP contribution in [-0.2, 0) is 6.54 Å². The quantitative estimate of drug-likeness (QED) is 0.903. The molecule has 5 heteroatoms. The summed E-state index contributed by atoms with van der Waals surface area (Å²) in [7, 11) is 1.87. The Kier molecular flexibility index (Phi) is 4.28. The molecule has 0 spiro atoms. The normalized spacial score (nSPS) is 10.6. The predicted octanol–water partition coefficient (Wildman–Crippen LogP) is 3.07. The van der Waals surface area contributed by atoms with Gasteiger partial charge in [-0.1, -0.05) is 0 Å². The predicted molar refractivity (Wildman–Crippen MR) is 71.4 cm³/mol. The van der Waals surface area contributed by atoms with Crippen LogP contribution in [0.4, 0.5) is 4.39 Å². The molecule has 0 saturated heterocycles. The summed E-state index contributed by atoms with van der Waals surface area (Å²) >= 11 is 1.56. The molecule has 0 bridgehead atoms. The molecule has 2 aromatic rings. The molecule has 0 radical (unpaired) electrons. The van der Waals surface area contributed by atoms with E-state index in [1.807, 2.05) is 25.4 Å². The van der Waals surface area contributed by atoms with E-state index in [1.165, 1.54) is 6.07 Å². The summed E-state index contributed by atoms with van der Waals surface area (Å²) in [6.07, 6.45) is 0. The van der Waals surface area contributed by atoms with Gasteiger partial charge in [-0.25, -0.2) is 9.37 Å². The maximum atomic E-state index is 13.7. The van der Waals surface area contributed by atoms with Crippen molar-refractivity contribution in [3.05, 3.63) is 34.4 Å². The zero-order chi connectivity index (χ0) is 13.0. The third kappa shape index (κ3) is 2.86. The van der Waals surface area contributed by atoms with Crippen LogP contribution in [0.15, 0.2) is 23.6 Å². The summed E-state index contributed by atoms with van der Waals surface area (Å²) in [5.41, 5.74) is 1.57. The standard InChI is InChI=1S/C13H15FN2OS/c1-3-17-12-5-4-9(6-10(12)14)11-8-18-13(16-11)7-15-2/h4-6,8,15H,3,7H2,1-2H3. The van der Waals surface area contributed by atoms with Crippen molar-refractivity contribution >= 4 is 11.3 Å². The Morgan fingerprint density at radius 3 is 2.94 bits per heavy atom. The molecule has 1 aromatic heterocycles. The van der Waals surface area contributed by atoms with Crippen molar-refractivity contribution in [1.82, 2.24) is 10.3 Å². The first-order valence-corrected chi connectivity index (χ1v) is 6.64. The van der Waals surface area contributed by atoms with Gasteiger partial charge in [0.05, 0.1) is 12.3 Å². The Hall–Kier alpha value is -1.46. The second-order valence-corrected chi connectivity index (χ2v) is 4.68. The Morgan fingerprint density at radius 2 is 2.28 bits per heavy atom. The van der Waals surface area contributed by atoms with E-state index in [0.29, 0.717) is 6.61 Å². The van der Waals surface area contributed by atoms with Crippen LogP contribution in [0, 0.1) is 5.82 Å². The van der Waals surface area contributed by atoms with Crippen molar-refractivity contribution in [2.75, 3.05) is 13.7 Å². The van der Waals surface area contributed by atoms with Gasteiger partial charge in [-0.05, 0) is 32.2 Å². The molecule has 0 fully saturated rings. The summed E-state index contributed by atoms with van der Waals surface area (Å²) in [4.78, 5) is 4.44. The summed E-state index contributed by atoms with van der Waals surface area (Å²) in [6.45, 7) is 3.02. The smallest absolute Gasteiger partial charge is 0.165 e. The van der Waals surface area contributed by atoms with Crippen molar-refractivity contribution < 1.29 is 9.13 Å². The van der Waals surface area contributed by atoms with Crippen LogP contribution in [0.5, 0.6) is 5.75 Å². The minimum Gasteiger partial charge on any atom is -0.491 e. The van der Waals surface area contributed by atoms with Gasteiger partial charge in [0.25, 0.3) is 0 Å². The highest BCUT2D eigenvalue weighted by atomic mass is 32.1. The number of thiazole rings is 1. The number of hydrogen-bond acceptors (Lipinski definition) is 4. The average molecular weight is 266 g/mol. The number of aromatic nitrogens is 1. The third-order valence-corrected chi connectivity index (χ3v) is 3.26. The molecule has 0 amide bonds. The summed E-state index contributed by atoms with van der Waals surface area (Å²) in [5.74, 6) is -0.0653. The fourth-order valence-corrected chi connectivity index (χ4v) is 2.42. The number of rotatable bonds is 5. The minimum absolute atomic E-state index is 0.284. The molecule has 0 atom stereocenters. The molecule has 1 aromatic carbocycles. The van der Waals surface area contributed by atoms with Gasteiger partial charge in [0, 0.05) is 17.5 Å². The average Bonchev–Trinajstić information content (AvgIpc) is 2.81. The van der Waals surface area contributed by atoms with Crippen LogP contribution in [0.25, 0.3) is 11.3 Å². The lowest BCUT2D eigenvalue weighted by atomic mass is 10.1. The number of halogens is 1. The topological polar surface area (TPSA) is 34.1 Å². The summed E-state index contributed by atoms with van der Waals surface area (Å²) < 4.78 is 18.9. The van der Waals surface area contributed by atoms with Crippen molar-refractivity contribution in [3.8, 4) is 17.0 Å². The van der Waals surface area contributed by atoms with Crippen molar-refractivity contribution in [1.29, 1.82) is 0 Å². The highest BCUT2D eigenvalue weighted by Crippen LogP contribution is 2.26. The van der Waals surface area contributed by atoms with Gasteiger partial charge in [0.2, 0.25) is 0 Å². The van der Waals surface area contributed by atoms with E-state index in [0.717, 1.165) is 22.8 Å². The third-order valence-electron chi connectivity index (χ3n) is 2.41. The molecule has 0 aliphatic rings. The molecule has 3 nitrogen and oxygen atoms in total. The van der Waals surface area contributed by atoms with Crippen molar-refractivity contribution in [2.24, 2.45) is 0 Å². The Labute approximate surface area is 110 Å². The van der Waals surface area contributed by atoms with Gasteiger partial charge in [-0.15, -0.1) is 11.3 Å². The van der Waals surface area contributed by atoms with Crippen LogP contribution < -0.4 is 10.1 Å². The zero-order valence-corrected chi connectivity index (χ0v) is 11.2. The first-order valence-electron chi connectivity index (χ1n) is 5.76. The molecule has 96 valence electrons. The first kappa shape index (κ1) is 13.0. The molecule has 1 N–H and O–H groups in total. The summed E-state index contributed by atoms with van der Waals surface area (Å²) in [6, 6.07) is 4.93. The van der Waals surface area contributed by atoms with Gasteiger partial charge in [0.1, 0.15) is 5.01 Å². The maximum absolute atomic E-state index is 13.7. The maximum Gasteiger partial charge on any atom is 0.165 e. The van der Waals surface area contributed by atoms with Gasteiger partial charge in [-0.3, -0.25) is 0 Å². The van der Waals surface area contributed by atoms with Crippen LogP contribution in [0.2, 0.25) is 0 Å². The number of benzene rings is 1. The highest BCUT2D eigenvalue weighted by Gasteiger charge is 2.08. The molecule has 18 heavy (non-hydrogen) atoms. The van der Waals surface area contributed by atoms with Gasteiger partial charge >= 0.3 is 0 Å². The minimum atomic E-state index is -0.350. The monoisotopic (exact) mass is 266 g/mol. The molecule has 0 aliphatic heterocycles. The Bertz CT molecular complexity index is 527. The van der Waals surface area contributed by atoms with Crippen molar-refractivity contribution in [3.63, 3.8) is 0 Å². The molecule has 1 heterocycles. The van der Waals surface area contributed by atoms with E-state index >= 15 is 0 Å². The lowest BCUT2D eigenvalue weighted by Crippen LogP contribution is -2.04. The first-order chi connectivity index (χ1) is 8.74. The van der Waals surface area contributed by atoms with E-state index in [9.17, 15) is 4.39 Å². The second-order valence-electron chi connectivity index (χ2n) is 3.74. The van der Waals surface area contributed by atoms with Crippen molar-refractivity contribution in [2.45, 2.75) is 13.5 Å². The fraction of sp³-hybridized carbons (Fsp3) is 0.308. The lowest BCUT2D eigenvalue weighted by molar-refractivity contribution is 0.321. The SMILES string of the molecule is CCOc1ccc(-c2csc(CNC)n2)cc1F. The van der Waals surface area contributed by atoms with E-state index in [4.69, 9.17) is 4.74 Å². The van der Waals surface area contributed by atoms with Gasteiger partial charge < -0.3 is 10.1 Å². The molecule has 0 unspecified atom stereocenters. The Morgan fingerprint density at radius 1 is 1.44 bits per heavy atom. The number of nitrogens with zero attached hydrogens (tertiary/aromatic N) is 1. The van der Waals surface area contributed by atoms with Gasteiger partial charge in [0.15, 0.2) is 11.6 Å². The second kappa shape index (κ2) is 5.93. The molecular weight excluding hydrogens is 251 g/mol.